The van der Waals surface area contributed by atoms with Crippen LogP contribution in [0.2, 0.25) is 0 Å². The maximum atomic E-state index is 10.9. The molecular formula is C11H12N2O4S. The third-order valence-electron chi connectivity index (χ3n) is 3.08. The Morgan fingerprint density at radius 2 is 2.00 bits per heavy atom. The van der Waals surface area contributed by atoms with Crippen LogP contribution in [0.25, 0.3) is 0 Å². The van der Waals surface area contributed by atoms with Crippen molar-refractivity contribution in [3.05, 3.63) is 38.4 Å². The number of thioether (sulfide) groups is 1. The Labute approximate surface area is 108 Å². The predicted octanol–water partition coefficient (Wildman–Crippen LogP) is 3.25. The highest BCUT2D eigenvalue weighted by atomic mass is 32.2. The van der Waals surface area contributed by atoms with E-state index >= 15 is 0 Å². The second kappa shape index (κ2) is 4.93. The lowest BCUT2D eigenvalue weighted by Gasteiger charge is -2.02. The molecule has 0 heterocycles. The van der Waals surface area contributed by atoms with Gasteiger partial charge < -0.3 is 0 Å². The highest BCUT2D eigenvalue weighted by molar-refractivity contribution is 7.99. The minimum Gasteiger partial charge on any atom is -0.258 e. The Morgan fingerprint density at radius 3 is 2.50 bits per heavy atom. The number of nitro groups is 2. The molecule has 1 aromatic rings. The van der Waals surface area contributed by atoms with E-state index in [9.17, 15) is 20.2 Å². The van der Waals surface area contributed by atoms with Gasteiger partial charge in [-0.1, -0.05) is 6.92 Å². The molecule has 0 amide bonds. The zero-order valence-electron chi connectivity index (χ0n) is 9.74. The van der Waals surface area contributed by atoms with E-state index in [0.29, 0.717) is 16.7 Å². The third kappa shape index (κ3) is 2.79. The highest BCUT2D eigenvalue weighted by Crippen LogP contribution is 2.43. The summed E-state index contributed by atoms with van der Waals surface area (Å²) in [6.45, 7) is 2.15. The van der Waals surface area contributed by atoms with E-state index in [2.05, 4.69) is 6.92 Å². The van der Waals surface area contributed by atoms with Crippen LogP contribution >= 0.6 is 11.8 Å². The van der Waals surface area contributed by atoms with Crippen molar-refractivity contribution in [1.29, 1.82) is 0 Å². The number of hydrogen-bond donors (Lipinski definition) is 0. The minimum atomic E-state index is -0.621. The molecule has 0 bridgehead atoms. The van der Waals surface area contributed by atoms with E-state index in [1.165, 1.54) is 23.9 Å². The van der Waals surface area contributed by atoms with Gasteiger partial charge in [-0.3, -0.25) is 20.2 Å². The van der Waals surface area contributed by atoms with Crippen LogP contribution in [0.15, 0.2) is 23.1 Å². The van der Waals surface area contributed by atoms with E-state index in [1.807, 2.05) is 0 Å². The number of benzene rings is 1. The summed E-state index contributed by atoms with van der Waals surface area (Å²) in [5.74, 6) is 2.14. The van der Waals surface area contributed by atoms with E-state index in [1.54, 1.807) is 0 Å². The lowest BCUT2D eigenvalue weighted by atomic mass is 10.3. The number of nitro benzene ring substituents is 2. The number of nitrogens with zero attached hydrogens (tertiary/aromatic N) is 2. The summed E-state index contributed by atoms with van der Waals surface area (Å²) in [5, 5.41) is 21.5. The van der Waals surface area contributed by atoms with Crippen LogP contribution in [0.3, 0.4) is 0 Å². The number of hydrogen-bond acceptors (Lipinski definition) is 5. The number of non-ortho nitro benzene ring substituents is 1. The van der Waals surface area contributed by atoms with Crippen LogP contribution in [0.5, 0.6) is 0 Å². The summed E-state index contributed by atoms with van der Waals surface area (Å²) in [5.41, 5.74) is -0.423. The standard InChI is InChI=1S/C11H12N2O4S/c1-7-4-8(7)6-18-11-3-2-9(12(14)15)5-10(11)13(16)17/h2-3,5,7-8H,4,6H2,1H3. The van der Waals surface area contributed by atoms with E-state index in [4.69, 9.17) is 0 Å². The van der Waals surface area contributed by atoms with Gasteiger partial charge >= 0.3 is 0 Å². The maximum absolute atomic E-state index is 10.9. The fourth-order valence-corrected chi connectivity index (χ4v) is 3.02. The van der Waals surface area contributed by atoms with Crippen molar-refractivity contribution in [2.24, 2.45) is 11.8 Å². The van der Waals surface area contributed by atoms with Crippen LogP contribution in [-0.4, -0.2) is 15.6 Å². The molecule has 2 unspecified atom stereocenters. The molecular weight excluding hydrogens is 256 g/mol. The molecule has 1 aliphatic rings. The van der Waals surface area contributed by atoms with Crippen molar-refractivity contribution in [3.63, 3.8) is 0 Å². The molecule has 2 rings (SSSR count). The summed E-state index contributed by atoms with van der Waals surface area (Å²) in [7, 11) is 0. The third-order valence-corrected chi connectivity index (χ3v) is 4.33. The van der Waals surface area contributed by atoms with E-state index < -0.39 is 9.85 Å². The van der Waals surface area contributed by atoms with Gasteiger partial charge in [0, 0.05) is 11.8 Å². The Kier molecular flexibility index (Phi) is 3.51. The van der Waals surface area contributed by atoms with Gasteiger partial charge in [0.2, 0.25) is 0 Å². The topological polar surface area (TPSA) is 86.3 Å². The van der Waals surface area contributed by atoms with Crippen molar-refractivity contribution < 1.29 is 9.85 Å². The SMILES string of the molecule is CC1CC1CSc1ccc([N+](=O)[O-])cc1[N+](=O)[O-]. The van der Waals surface area contributed by atoms with Gasteiger partial charge in [-0.15, -0.1) is 11.8 Å². The normalized spacial score (nSPS) is 21.6. The Morgan fingerprint density at radius 1 is 1.33 bits per heavy atom. The Balaban J connectivity index is 2.17. The molecule has 96 valence electrons. The first-order chi connectivity index (χ1) is 8.49. The molecule has 6 nitrogen and oxygen atoms in total. The second-order valence-corrected chi connectivity index (χ2v) is 5.51. The fraction of sp³-hybridized carbons (Fsp3) is 0.455. The van der Waals surface area contributed by atoms with Crippen molar-refractivity contribution in [2.75, 3.05) is 5.75 Å². The lowest BCUT2D eigenvalue weighted by Crippen LogP contribution is -1.95. The first-order valence-corrected chi connectivity index (χ1v) is 6.53. The molecule has 0 aliphatic heterocycles. The van der Waals surface area contributed by atoms with Crippen molar-refractivity contribution in [2.45, 2.75) is 18.2 Å². The van der Waals surface area contributed by atoms with Crippen LogP contribution in [-0.2, 0) is 0 Å². The van der Waals surface area contributed by atoms with Gasteiger partial charge in [0.1, 0.15) is 0 Å². The van der Waals surface area contributed by atoms with Crippen molar-refractivity contribution >= 4 is 23.1 Å². The molecule has 1 aliphatic carbocycles. The smallest absolute Gasteiger partial charge is 0.258 e. The summed E-state index contributed by atoms with van der Waals surface area (Å²) >= 11 is 1.41. The van der Waals surface area contributed by atoms with Gasteiger partial charge in [-0.2, -0.15) is 0 Å². The van der Waals surface area contributed by atoms with Gasteiger partial charge in [-0.25, -0.2) is 0 Å². The quantitative estimate of drug-likeness (QED) is 0.464. The summed E-state index contributed by atoms with van der Waals surface area (Å²) in [6.07, 6.45) is 1.16. The van der Waals surface area contributed by atoms with Crippen LogP contribution < -0.4 is 0 Å². The van der Waals surface area contributed by atoms with E-state index in [0.717, 1.165) is 18.2 Å². The summed E-state index contributed by atoms with van der Waals surface area (Å²) < 4.78 is 0. The molecule has 2 atom stereocenters. The molecule has 0 spiro atoms. The Bertz CT molecular complexity index is 506. The van der Waals surface area contributed by atoms with Gasteiger partial charge in [0.15, 0.2) is 0 Å². The van der Waals surface area contributed by atoms with Crippen molar-refractivity contribution in [1.82, 2.24) is 0 Å². The predicted molar refractivity (Wildman–Crippen MR) is 67.7 cm³/mol. The molecule has 0 radical (unpaired) electrons. The second-order valence-electron chi connectivity index (χ2n) is 4.45. The van der Waals surface area contributed by atoms with E-state index in [-0.39, 0.29) is 11.4 Å². The van der Waals surface area contributed by atoms with Gasteiger partial charge in [0.25, 0.3) is 11.4 Å². The van der Waals surface area contributed by atoms with Crippen molar-refractivity contribution in [3.8, 4) is 0 Å². The molecule has 1 saturated carbocycles. The fourth-order valence-electron chi connectivity index (χ4n) is 1.71. The molecule has 1 aromatic carbocycles. The first-order valence-electron chi connectivity index (χ1n) is 5.54. The molecule has 18 heavy (non-hydrogen) atoms. The number of rotatable bonds is 5. The lowest BCUT2D eigenvalue weighted by molar-refractivity contribution is -0.396. The first kappa shape index (κ1) is 12.8. The average molecular weight is 268 g/mol. The van der Waals surface area contributed by atoms with Crippen LogP contribution in [0, 0.1) is 32.1 Å². The summed E-state index contributed by atoms with van der Waals surface area (Å²) in [6, 6.07) is 3.80. The zero-order valence-corrected chi connectivity index (χ0v) is 10.6. The van der Waals surface area contributed by atoms with Gasteiger partial charge in [-0.05, 0) is 24.3 Å². The molecule has 1 fully saturated rings. The van der Waals surface area contributed by atoms with Crippen LogP contribution in [0.1, 0.15) is 13.3 Å². The monoisotopic (exact) mass is 268 g/mol. The minimum absolute atomic E-state index is 0.178. The van der Waals surface area contributed by atoms with Gasteiger partial charge in [0.05, 0.1) is 20.8 Å². The Hall–Kier alpha value is -1.63. The summed E-state index contributed by atoms with van der Waals surface area (Å²) in [4.78, 5) is 20.8. The largest absolute Gasteiger partial charge is 0.289 e. The maximum Gasteiger partial charge on any atom is 0.289 e. The zero-order chi connectivity index (χ0) is 13.3. The molecule has 0 aromatic heterocycles. The molecule has 7 heteroatoms. The highest BCUT2D eigenvalue weighted by Gasteiger charge is 2.33. The van der Waals surface area contributed by atoms with Crippen LogP contribution in [0.4, 0.5) is 11.4 Å². The molecule has 0 N–H and O–H groups in total. The molecule has 0 saturated heterocycles. The average Bonchev–Trinajstić information content (AvgIpc) is 3.02.